The lowest BCUT2D eigenvalue weighted by Gasteiger charge is -2.18. The molecule has 0 saturated heterocycles. The number of carboxylic acids is 2. The molecule has 0 spiro atoms. The van der Waals surface area contributed by atoms with E-state index in [0.29, 0.717) is 44.2 Å². The topological polar surface area (TPSA) is 191 Å². The average Bonchev–Trinajstić information content (AvgIpc) is 3.10. The highest BCUT2D eigenvalue weighted by molar-refractivity contribution is 6.06. The van der Waals surface area contributed by atoms with Crippen molar-refractivity contribution in [3.8, 4) is 22.6 Å². The Balaban J connectivity index is 1.44. The van der Waals surface area contributed by atoms with Gasteiger partial charge in [0.05, 0.1) is 5.71 Å². The van der Waals surface area contributed by atoms with Gasteiger partial charge in [-0.25, -0.2) is 9.59 Å². The molecule has 9 N–H and O–H groups in total. The van der Waals surface area contributed by atoms with Gasteiger partial charge < -0.3 is 37.3 Å². The number of nitrogens with two attached hydrogens (primary N) is 2. The van der Waals surface area contributed by atoms with Crippen molar-refractivity contribution in [3.05, 3.63) is 160 Å². The molecule has 9 heteroatoms. The third-order valence-electron chi connectivity index (χ3n) is 9.09. The number of nitrogen functional groups attached to an aromatic ring is 2. The Morgan fingerprint density at radius 1 is 0.588 bits per heavy atom. The van der Waals surface area contributed by atoms with Gasteiger partial charge in [-0.2, -0.15) is 0 Å². The van der Waals surface area contributed by atoms with Gasteiger partial charge in [0.2, 0.25) is 0 Å². The highest BCUT2D eigenvalue weighted by Gasteiger charge is 2.23. The number of fused-ring (bicyclic) bond motifs is 2. The first kappa shape index (κ1) is 32.4. The van der Waals surface area contributed by atoms with Gasteiger partial charge in [0.1, 0.15) is 22.6 Å². The maximum Gasteiger partial charge on any atom is 0.339 e. The van der Waals surface area contributed by atoms with Gasteiger partial charge in [-0.3, -0.25) is 0 Å². The second-order valence-electron chi connectivity index (χ2n) is 12.4. The molecule has 0 radical (unpaired) electrons. The maximum atomic E-state index is 12.3. The Hall–Kier alpha value is -7.13. The fraction of sp³-hybridized carbons (Fsp3) is 0.0238. The molecule has 1 aliphatic carbocycles. The van der Waals surface area contributed by atoms with Gasteiger partial charge >= 0.3 is 11.9 Å². The molecule has 0 unspecified atom stereocenters. The number of nitrogens with one attached hydrogen (secondary N) is 1. The third-order valence-corrected chi connectivity index (χ3v) is 9.09. The summed E-state index contributed by atoms with van der Waals surface area (Å²) in [5.41, 5.74) is 18.8. The Kier molecular flexibility index (Phi) is 8.08. The van der Waals surface area contributed by atoms with Crippen molar-refractivity contribution < 1.29 is 30.0 Å². The molecule has 51 heavy (non-hydrogen) atoms. The van der Waals surface area contributed by atoms with Crippen LogP contribution in [0.3, 0.4) is 0 Å². The molecule has 0 aromatic heterocycles. The minimum atomic E-state index is -1.34. The van der Waals surface area contributed by atoms with E-state index in [2.05, 4.69) is 0 Å². The predicted molar refractivity (Wildman–Crippen MR) is 201 cm³/mol. The SMILES string of the molecule is N=C1C=CC(=C(c2cccc(N)c2)c2cc(N)cc(-c3ccc4cc(C(=O)O)c(O)c(Cc5c(O)c(C(=O)O)cc6ccccc56)c4c3)c2)C=C1. The smallest absolute Gasteiger partial charge is 0.339 e. The number of carboxylic acid groups (broad SMARTS) is 2. The van der Waals surface area contributed by atoms with E-state index in [9.17, 15) is 30.0 Å². The van der Waals surface area contributed by atoms with Crippen molar-refractivity contribution in [1.82, 2.24) is 0 Å². The molecular formula is C42H31N3O6. The number of rotatable bonds is 7. The van der Waals surface area contributed by atoms with Gasteiger partial charge in [-0.15, -0.1) is 0 Å². The van der Waals surface area contributed by atoms with Crippen LogP contribution in [0.5, 0.6) is 11.5 Å². The number of allylic oxidation sites excluding steroid dienone is 5. The van der Waals surface area contributed by atoms with Gasteiger partial charge in [-0.05, 0) is 116 Å². The standard InChI is InChI=1S/C42H31N3O6/c43-29-12-10-22(11-13-29)38(26-5-3-6-30(44)15-26)28-14-27(16-31(45)17-28)23-8-9-25-20-37(42(50)51)40(47)35(33(25)18-23)21-34-32-7-2-1-4-24(32)19-36(39(34)46)41(48)49/h1-20,43,46-47H,21,44-45H2,(H,48,49)(H,50,51). The number of anilines is 2. The minimum absolute atomic E-state index is 0.165. The van der Waals surface area contributed by atoms with Crippen LogP contribution in [0.15, 0.2) is 127 Å². The molecule has 250 valence electrons. The van der Waals surface area contributed by atoms with Crippen LogP contribution in [0, 0.1) is 5.41 Å². The Bertz CT molecular complexity index is 2560. The highest BCUT2D eigenvalue weighted by Crippen LogP contribution is 2.41. The summed E-state index contributed by atoms with van der Waals surface area (Å²) >= 11 is 0. The number of hydrogen-bond donors (Lipinski definition) is 7. The van der Waals surface area contributed by atoms with E-state index in [1.807, 2.05) is 60.7 Å². The summed E-state index contributed by atoms with van der Waals surface area (Å²) in [6, 6.07) is 28.3. The van der Waals surface area contributed by atoms with Crippen LogP contribution in [0.25, 0.3) is 38.2 Å². The van der Waals surface area contributed by atoms with E-state index >= 15 is 0 Å². The van der Waals surface area contributed by atoms with E-state index in [0.717, 1.165) is 27.8 Å². The van der Waals surface area contributed by atoms with Crippen LogP contribution >= 0.6 is 0 Å². The lowest BCUT2D eigenvalue weighted by molar-refractivity contribution is 0.0682. The molecule has 0 aliphatic heterocycles. The van der Waals surface area contributed by atoms with Gasteiger partial charge in [-0.1, -0.05) is 60.7 Å². The zero-order valence-corrected chi connectivity index (χ0v) is 27.0. The van der Waals surface area contributed by atoms with Crippen molar-refractivity contribution in [2.45, 2.75) is 6.42 Å². The molecule has 6 aromatic carbocycles. The summed E-state index contributed by atoms with van der Waals surface area (Å²) in [6.07, 6.45) is 7.00. The lowest BCUT2D eigenvalue weighted by Crippen LogP contribution is -2.04. The first-order chi connectivity index (χ1) is 24.5. The molecular weight excluding hydrogens is 642 g/mol. The lowest BCUT2D eigenvalue weighted by atomic mass is 9.87. The Labute approximate surface area is 291 Å². The molecule has 9 nitrogen and oxygen atoms in total. The summed E-state index contributed by atoms with van der Waals surface area (Å²) in [5, 5.41) is 52.7. The van der Waals surface area contributed by atoms with E-state index in [1.165, 1.54) is 12.1 Å². The quantitative estimate of drug-likeness (QED) is 0.0825. The molecule has 0 atom stereocenters. The molecule has 0 bridgehead atoms. The molecule has 0 fully saturated rings. The normalized spacial score (nSPS) is 12.5. The van der Waals surface area contributed by atoms with Crippen LogP contribution in [0.4, 0.5) is 11.4 Å². The van der Waals surface area contributed by atoms with Crippen molar-refractivity contribution in [2.24, 2.45) is 0 Å². The van der Waals surface area contributed by atoms with Gasteiger partial charge in [0, 0.05) is 28.9 Å². The molecule has 6 aromatic rings. The van der Waals surface area contributed by atoms with E-state index in [4.69, 9.17) is 16.9 Å². The van der Waals surface area contributed by atoms with Crippen LogP contribution in [0.2, 0.25) is 0 Å². The number of aromatic carboxylic acids is 2. The molecule has 1 aliphatic rings. The van der Waals surface area contributed by atoms with Crippen LogP contribution < -0.4 is 11.5 Å². The number of hydrogen-bond acceptors (Lipinski definition) is 7. The number of aromatic hydroxyl groups is 2. The minimum Gasteiger partial charge on any atom is -0.507 e. The van der Waals surface area contributed by atoms with E-state index < -0.39 is 23.4 Å². The van der Waals surface area contributed by atoms with Crippen molar-refractivity contribution >= 4 is 56.1 Å². The summed E-state index contributed by atoms with van der Waals surface area (Å²) in [4.78, 5) is 24.4. The second-order valence-corrected chi connectivity index (χ2v) is 12.4. The van der Waals surface area contributed by atoms with E-state index in [1.54, 1.807) is 48.6 Å². The number of benzene rings is 6. The first-order valence-electron chi connectivity index (χ1n) is 15.9. The molecule has 0 saturated carbocycles. The number of phenols is 2. The molecule has 0 amide bonds. The first-order valence-corrected chi connectivity index (χ1v) is 15.9. The fourth-order valence-corrected chi connectivity index (χ4v) is 6.70. The summed E-state index contributed by atoms with van der Waals surface area (Å²) < 4.78 is 0. The Morgan fingerprint density at radius 3 is 1.88 bits per heavy atom. The van der Waals surface area contributed by atoms with Crippen molar-refractivity contribution in [1.29, 1.82) is 5.41 Å². The fourth-order valence-electron chi connectivity index (χ4n) is 6.70. The summed E-state index contributed by atoms with van der Waals surface area (Å²) in [7, 11) is 0. The van der Waals surface area contributed by atoms with Gasteiger partial charge in [0.15, 0.2) is 0 Å². The summed E-state index contributed by atoms with van der Waals surface area (Å²) in [6.45, 7) is 0. The zero-order chi connectivity index (χ0) is 36.0. The maximum absolute atomic E-state index is 12.3. The predicted octanol–water partition coefficient (Wildman–Crippen LogP) is 8.17. The number of carbonyl (C=O) groups is 2. The van der Waals surface area contributed by atoms with Crippen molar-refractivity contribution in [2.75, 3.05) is 11.5 Å². The zero-order valence-electron chi connectivity index (χ0n) is 27.0. The van der Waals surface area contributed by atoms with Crippen LogP contribution in [0.1, 0.15) is 43.0 Å². The van der Waals surface area contributed by atoms with Gasteiger partial charge in [0.25, 0.3) is 0 Å². The summed E-state index contributed by atoms with van der Waals surface area (Å²) in [5.74, 6) is -3.61. The largest absolute Gasteiger partial charge is 0.507 e. The van der Waals surface area contributed by atoms with Crippen LogP contribution in [-0.2, 0) is 6.42 Å². The highest BCUT2D eigenvalue weighted by atomic mass is 16.4. The average molecular weight is 674 g/mol. The molecule has 7 rings (SSSR count). The monoisotopic (exact) mass is 673 g/mol. The van der Waals surface area contributed by atoms with Crippen molar-refractivity contribution in [3.63, 3.8) is 0 Å². The Morgan fingerprint density at radius 2 is 1.22 bits per heavy atom. The van der Waals surface area contributed by atoms with Crippen LogP contribution in [-0.4, -0.2) is 38.1 Å². The van der Waals surface area contributed by atoms with E-state index in [-0.39, 0.29) is 28.7 Å². The third kappa shape index (κ3) is 6.04. The second kappa shape index (κ2) is 12.7. The molecule has 0 heterocycles.